The Kier molecular flexibility index (Phi) is 6.98. The molecule has 0 fully saturated rings. The summed E-state index contributed by atoms with van der Waals surface area (Å²) in [5, 5.41) is 5.88. The van der Waals surface area contributed by atoms with Crippen LogP contribution in [-0.4, -0.2) is 35.9 Å². The van der Waals surface area contributed by atoms with Gasteiger partial charge in [0, 0.05) is 26.2 Å². The summed E-state index contributed by atoms with van der Waals surface area (Å²) < 4.78 is 0. The van der Waals surface area contributed by atoms with E-state index in [4.69, 9.17) is 12.2 Å². The zero-order valence-electron chi connectivity index (χ0n) is 13.5. The van der Waals surface area contributed by atoms with Crippen molar-refractivity contribution >= 4 is 34.8 Å². The van der Waals surface area contributed by atoms with Crippen LogP contribution in [0.5, 0.6) is 0 Å². The Labute approximate surface area is 137 Å². The van der Waals surface area contributed by atoms with Crippen molar-refractivity contribution < 1.29 is 9.59 Å². The summed E-state index contributed by atoms with van der Waals surface area (Å²) in [6.07, 6.45) is 0.802. The van der Waals surface area contributed by atoms with Gasteiger partial charge in [-0.2, -0.15) is 0 Å². The van der Waals surface area contributed by atoms with E-state index in [0.29, 0.717) is 12.8 Å². The van der Waals surface area contributed by atoms with Gasteiger partial charge >= 0.3 is 0 Å². The number of benzene rings is 1. The highest BCUT2D eigenvalue weighted by Gasteiger charge is 2.08. The molecular formula is C16H23N3O2S. The van der Waals surface area contributed by atoms with Gasteiger partial charge in [0.2, 0.25) is 11.8 Å². The molecule has 0 radical (unpaired) electrons. The largest absolute Gasteiger partial charge is 0.349 e. The number of nitrogens with zero attached hydrogens (tertiary/aromatic N) is 1. The van der Waals surface area contributed by atoms with Gasteiger partial charge in [-0.15, -0.1) is 0 Å². The molecule has 0 aromatic heterocycles. The predicted octanol–water partition coefficient (Wildman–Crippen LogP) is 2.18. The quantitative estimate of drug-likeness (QED) is 0.816. The fourth-order valence-corrected chi connectivity index (χ4v) is 1.98. The van der Waals surface area contributed by atoms with Crippen molar-refractivity contribution in [1.82, 2.24) is 10.2 Å². The molecule has 1 aromatic carbocycles. The van der Waals surface area contributed by atoms with E-state index in [-0.39, 0.29) is 22.8 Å². The second-order valence-electron chi connectivity index (χ2n) is 5.76. The Balaban J connectivity index is 2.52. The summed E-state index contributed by atoms with van der Waals surface area (Å²) in [5.74, 6) is 0.245. The zero-order valence-corrected chi connectivity index (χ0v) is 14.3. The maximum Gasteiger partial charge on any atom is 0.226 e. The van der Waals surface area contributed by atoms with E-state index in [2.05, 4.69) is 10.6 Å². The van der Waals surface area contributed by atoms with E-state index in [9.17, 15) is 9.59 Å². The minimum absolute atomic E-state index is 0.0529. The summed E-state index contributed by atoms with van der Waals surface area (Å²) in [6.45, 7) is 3.95. The molecule has 1 aromatic rings. The molecule has 0 heterocycles. The molecule has 22 heavy (non-hydrogen) atoms. The highest BCUT2D eigenvalue weighted by atomic mass is 32.1. The lowest BCUT2D eigenvalue weighted by Crippen LogP contribution is -2.34. The lowest BCUT2D eigenvalue weighted by atomic mass is 10.1. The molecule has 6 heteroatoms. The van der Waals surface area contributed by atoms with Crippen molar-refractivity contribution in [3.63, 3.8) is 0 Å². The molecule has 2 amide bonds. The highest BCUT2D eigenvalue weighted by molar-refractivity contribution is 7.80. The molecule has 0 aliphatic heterocycles. The van der Waals surface area contributed by atoms with Gasteiger partial charge in [-0.3, -0.25) is 9.59 Å². The van der Waals surface area contributed by atoms with Crippen LogP contribution in [0.4, 0.5) is 5.69 Å². The molecule has 0 saturated carbocycles. The minimum atomic E-state index is -0.0966. The van der Waals surface area contributed by atoms with Crippen molar-refractivity contribution in [3.05, 3.63) is 29.8 Å². The number of hydrogen-bond donors (Lipinski definition) is 2. The van der Waals surface area contributed by atoms with Crippen molar-refractivity contribution in [2.75, 3.05) is 19.4 Å². The minimum Gasteiger partial charge on any atom is -0.349 e. The van der Waals surface area contributed by atoms with Crippen LogP contribution in [0.3, 0.4) is 0 Å². The fraction of sp³-hybridized carbons (Fsp3) is 0.438. The summed E-state index contributed by atoms with van der Waals surface area (Å²) in [6, 6.07) is 7.39. The van der Waals surface area contributed by atoms with Crippen molar-refractivity contribution in [1.29, 1.82) is 0 Å². The maximum absolute atomic E-state index is 11.6. The number of rotatable bonds is 5. The van der Waals surface area contributed by atoms with Gasteiger partial charge in [0.25, 0.3) is 0 Å². The Morgan fingerprint density at radius 2 is 1.77 bits per heavy atom. The monoisotopic (exact) mass is 321 g/mol. The summed E-state index contributed by atoms with van der Waals surface area (Å²) >= 11 is 5.10. The molecule has 0 aliphatic carbocycles. The molecule has 0 aliphatic rings. The number of amides is 2. The van der Waals surface area contributed by atoms with Crippen LogP contribution in [0.1, 0.15) is 25.8 Å². The highest BCUT2D eigenvalue weighted by Crippen LogP contribution is 2.10. The summed E-state index contributed by atoms with van der Waals surface area (Å²) in [5.41, 5.74) is 1.70. The Morgan fingerprint density at radius 3 is 2.27 bits per heavy atom. The van der Waals surface area contributed by atoms with Crippen LogP contribution in [0.25, 0.3) is 0 Å². The topological polar surface area (TPSA) is 61.4 Å². The first-order valence-electron chi connectivity index (χ1n) is 7.18. The number of anilines is 1. The Hall–Kier alpha value is -1.95. The molecule has 5 nitrogen and oxygen atoms in total. The van der Waals surface area contributed by atoms with Gasteiger partial charge in [-0.1, -0.05) is 26.0 Å². The molecular weight excluding hydrogens is 298 g/mol. The van der Waals surface area contributed by atoms with Crippen molar-refractivity contribution in [2.45, 2.75) is 26.7 Å². The molecule has 1 rings (SSSR count). The van der Waals surface area contributed by atoms with Gasteiger partial charge < -0.3 is 15.5 Å². The SMILES string of the molecule is CC(C)CC(=O)NC(=S)Nc1ccc(CC(=O)N(C)C)cc1. The number of nitrogens with one attached hydrogen (secondary N) is 2. The molecule has 0 spiro atoms. The Bertz CT molecular complexity index is 539. The van der Waals surface area contributed by atoms with Crippen molar-refractivity contribution in [3.8, 4) is 0 Å². The average Bonchev–Trinajstić information content (AvgIpc) is 2.39. The first-order valence-corrected chi connectivity index (χ1v) is 7.58. The predicted molar refractivity (Wildman–Crippen MR) is 92.7 cm³/mol. The van der Waals surface area contributed by atoms with Crippen LogP contribution in [0.2, 0.25) is 0 Å². The van der Waals surface area contributed by atoms with Gasteiger partial charge in [0.05, 0.1) is 6.42 Å². The summed E-state index contributed by atoms with van der Waals surface area (Å²) in [7, 11) is 3.47. The van der Waals surface area contributed by atoms with Gasteiger partial charge in [0.15, 0.2) is 5.11 Å². The molecule has 0 atom stereocenters. The number of thiocarbonyl (C=S) groups is 1. The van der Waals surface area contributed by atoms with E-state index in [1.54, 1.807) is 19.0 Å². The molecule has 0 unspecified atom stereocenters. The van der Waals surface area contributed by atoms with Gasteiger partial charge in [-0.25, -0.2) is 0 Å². The first kappa shape index (κ1) is 18.1. The number of carbonyl (C=O) groups is 2. The number of likely N-dealkylation sites (N-methyl/N-ethyl adjacent to an activating group) is 1. The zero-order chi connectivity index (χ0) is 16.7. The van der Waals surface area contributed by atoms with Crippen molar-refractivity contribution in [2.24, 2.45) is 5.92 Å². The van der Waals surface area contributed by atoms with E-state index in [1.807, 2.05) is 38.1 Å². The molecule has 120 valence electrons. The van der Waals surface area contributed by atoms with Crippen LogP contribution in [-0.2, 0) is 16.0 Å². The molecule has 0 bridgehead atoms. The fourth-order valence-electron chi connectivity index (χ4n) is 1.75. The maximum atomic E-state index is 11.6. The third-order valence-corrected chi connectivity index (χ3v) is 3.12. The van der Waals surface area contributed by atoms with E-state index >= 15 is 0 Å². The third-order valence-electron chi connectivity index (χ3n) is 2.91. The number of hydrogen-bond acceptors (Lipinski definition) is 3. The lowest BCUT2D eigenvalue weighted by Gasteiger charge is -2.12. The van der Waals surface area contributed by atoms with Gasteiger partial charge in [0.1, 0.15) is 0 Å². The third kappa shape index (κ3) is 6.67. The first-order chi connectivity index (χ1) is 10.3. The van der Waals surface area contributed by atoms with Crippen LogP contribution in [0, 0.1) is 5.92 Å². The average molecular weight is 321 g/mol. The van der Waals surface area contributed by atoms with E-state index in [1.165, 1.54) is 0 Å². The van der Waals surface area contributed by atoms with Gasteiger partial charge in [-0.05, 0) is 35.8 Å². The second kappa shape index (κ2) is 8.48. The summed E-state index contributed by atoms with van der Waals surface area (Å²) in [4.78, 5) is 24.8. The molecule has 0 saturated heterocycles. The second-order valence-corrected chi connectivity index (χ2v) is 6.17. The van der Waals surface area contributed by atoms with Crippen LogP contribution >= 0.6 is 12.2 Å². The smallest absolute Gasteiger partial charge is 0.226 e. The lowest BCUT2D eigenvalue weighted by molar-refractivity contribution is -0.128. The number of carbonyl (C=O) groups excluding carboxylic acids is 2. The van der Waals surface area contributed by atoms with Crippen LogP contribution in [0.15, 0.2) is 24.3 Å². The van der Waals surface area contributed by atoms with E-state index < -0.39 is 0 Å². The van der Waals surface area contributed by atoms with E-state index in [0.717, 1.165) is 11.3 Å². The molecule has 2 N–H and O–H groups in total. The standard InChI is InChI=1S/C16H23N3O2S/c1-11(2)9-14(20)18-16(22)17-13-7-5-12(6-8-13)10-15(21)19(3)4/h5-8,11H,9-10H2,1-4H3,(H2,17,18,20,22). The van der Waals surface area contributed by atoms with Crippen LogP contribution < -0.4 is 10.6 Å². The normalized spacial score (nSPS) is 10.2. The Morgan fingerprint density at radius 1 is 1.18 bits per heavy atom.